The van der Waals surface area contributed by atoms with Crippen LogP contribution in [0.2, 0.25) is 12.1 Å². The van der Waals surface area contributed by atoms with Crippen molar-refractivity contribution >= 4 is 14.6 Å². The van der Waals surface area contributed by atoms with Gasteiger partial charge in [-0.25, -0.2) is 0 Å². The summed E-state index contributed by atoms with van der Waals surface area (Å²) >= 11 is 0. The highest BCUT2D eigenvalue weighted by Crippen LogP contribution is 2.25. The van der Waals surface area contributed by atoms with Gasteiger partial charge in [0.2, 0.25) is 0 Å². The lowest BCUT2D eigenvalue weighted by Gasteiger charge is -2.22. The largest absolute Gasteiger partial charge is 0.420 e. The average Bonchev–Trinajstić information content (AvgIpc) is 2.31. The number of allylic oxidation sites excluding steroid dienone is 1. The molecule has 0 bridgehead atoms. The predicted molar refractivity (Wildman–Crippen MR) is 72.2 cm³/mol. The van der Waals surface area contributed by atoms with E-state index in [1.54, 1.807) is 0 Å². The zero-order valence-corrected chi connectivity index (χ0v) is 11.2. The molecule has 0 N–H and O–H groups in total. The fourth-order valence-electron chi connectivity index (χ4n) is 2.32. The molecule has 0 aromatic heterocycles. The molecule has 1 aromatic rings. The minimum atomic E-state index is -0.974. The predicted octanol–water partition coefficient (Wildman–Crippen LogP) is 3.54. The lowest BCUT2D eigenvalue weighted by molar-refractivity contribution is 0.289. The molecule has 86 valence electrons. The van der Waals surface area contributed by atoms with Gasteiger partial charge in [-0.1, -0.05) is 37.3 Å². The first-order valence-corrected chi connectivity index (χ1v) is 8.23. The maximum Gasteiger partial charge on any atom is 0.181 e. The van der Waals surface area contributed by atoms with Gasteiger partial charge in [-0.2, -0.15) is 0 Å². The summed E-state index contributed by atoms with van der Waals surface area (Å²) in [6.45, 7) is 7.38. The molecule has 0 aliphatic carbocycles. The van der Waals surface area contributed by atoms with Crippen molar-refractivity contribution in [2.75, 3.05) is 6.61 Å². The Morgan fingerprint density at radius 1 is 1.38 bits per heavy atom. The Kier molecular flexibility index (Phi) is 3.96. The maximum absolute atomic E-state index is 5.89. The molecule has 16 heavy (non-hydrogen) atoms. The first-order chi connectivity index (χ1) is 7.77. The lowest BCUT2D eigenvalue weighted by atomic mass is 10.0. The van der Waals surface area contributed by atoms with E-state index in [-0.39, 0.29) is 0 Å². The van der Waals surface area contributed by atoms with Crippen molar-refractivity contribution in [1.29, 1.82) is 0 Å². The smallest absolute Gasteiger partial charge is 0.181 e. The minimum Gasteiger partial charge on any atom is -0.420 e. The lowest BCUT2D eigenvalue weighted by Crippen LogP contribution is -2.23. The zero-order chi connectivity index (χ0) is 11.4. The molecule has 1 nitrogen and oxygen atoms in total. The van der Waals surface area contributed by atoms with E-state index in [1.807, 2.05) is 0 Å². The number of rotatable bonds is 3. The monoisotopic (exact) mass is 232 g/mol. The SMILES string of the molecule is C=C(C[SiH]1CCCCO1)c1ccccc1C. The number of hydrogen-bond acceptors (Lipinski definition) is 1. The molecule has 1 aliphatic heterocycles. The standard InChI is InChI=1S/C14H20OSi/c1-12-7-3-4-8-14(12)13(2)11-16-10-6-5-9-15-16/h3-4,7-8,16H,2,5-6,9-11H2,1H3. The molecule has 2 heteroatoms. The van der Waals surface area contributed by atoms with Crippen LogP contribution in [-0.4, -0.2) is 15.6 Å². The van der Waals surface area contributed by atoms with E-state index in [4.69, 9.17) is 4.43 Å². The fraction of sp³-hybridized carbons (Fsp3) is 0.429. The normalized spacial score (nSPS) is 20.7. The summed E-state index contributed by atoms with van der Waals surface area (Å²) in [6.07, 6.45) is 2.61. The van der Waals surface area contributed by atoms with Crippen molar-refractivity contribution in [3.05, 3.63) is 42.0 Å². The Morgan fingerprint density at radius 2 is 2.19 bits per heavy atom. The van der Waals surface area contributed by atoms with E-state index in [0.29, 0.717) is 0 Å². The molecule has 2 rings (SSSR count). The van der Waals surface area contributed by atoms with E-state index >= 15 is 0 Å². The summed E-state index contributed by atoms with van der Waals surface area (Å²) < 4.78 is 5.89. The van der Waals surface area contributed by atoms with Crippen LogP contribution in [0.4, 0.5) is 0 Å². The van der Waals surface area contributed by atoms with Crippen molar-refractivity contribution in [1.82, 2.24) is 0 Å². The molecule has 1 unspecified atom stereocenters. The van der Waals surface area contributed by atoms with Gasteiger partial charge in [0.1, 0.15) is 0 Å². The highest BCUT2D eigenvalue weighted by molar-refractivity contribution is 6.54. The third-order valence-electron chi connectivity index (χ3n) is 3.27. The van der Waals surface area contributed by atoms with Crippen LogP contribution in [0.1, 0.15) is 24.0 Å². The van der Waals surface area contributed by atoms with Gasteiger partial charge in [-0.05, 0) is 42.1 Å². The molecule has 1 atom stereocenters. The highest BCUT2D eigenvalue weighted by atomic mass is 28.3. The van der Waals surface area contributed by atoms with Gasteiger partial charge in [0.15, 0.2) is 9.04 Å². The van der Waals surface area contributed by atoms with Crippen LogP contribution in [0.15, 0.2) is 30.8 Å². The Labute approximate surface area is 99.9 Å². The van der Waals surface area contributed by atoms with Crippen molar-refractivity contribution < 1.29 is 4.43 Å². The van der Waals surface area contributed by atoms with Gasteiger partial charge in [0, 0.05) is 6.61 Å². The molecular formula is C14H20OSi. The van der Waals surface area contributed by atoms with Crippen LogP contribution in [0, 0.1) is 6.92 Å². The fourth-order valence-corrected chi connectivity index (χ4v) is 4.82. The van der Waals surface area contributed by atoms with Crippen LogP contribution in [0.5, 0.6) is 0 Å². The maximum atomic E-state index is 5.89. The first kappa shape index (κ1) is 11.6. The summed E-state index contributed by atoms with van der Waals surface area (Å²) in [7, 11) is -0.974. The second kappa shape index (κ2) is 5.46. The Balaban J connectivity index is 2.00. The van der Waals surface area contributed by atoms with Gasteiger partial charge >= 0.3 is 0 Å². The summed E-state index contributed by atoms with van der Waals surface area (Å²) in [5.74, 6) is 0. The van der Waals surface area contributed by atoms with Gasteiger partial charge in [0.25, 0.3) is 0 Å². The van der Waals surface area contributed by atoms with Crippen molar-refractivity contribution in [2.24, 2.45) is 0 Å². The highest BCUT2D eigenvalue weighted by Gasteiger charge is 2.18. The topological polar surface area (TPSA) is 9.23 Å². The molecule has 1 fully saturated rings. The third-order valence-corrected chi connectivity index (χ3v) is 5.98. The molecule has 1 aromatic carbocycles. The van der Waals surface area contributed by atoms with Gasteiger partial charge in [0.05, 0.1) is 0 Å². The second-order valence-electron chi connectivity index (χ2n) is 4.61. The summed E-state index contributed by atoms with van der Waals surface area (Å²) in [5, 5.41) is 0. The number of benzene rings is 1. The first-order valence-electron chi connectivity index (χ1n) is 6.13. The minimum absolute atomic E-state index is 0.974. The summed E-state index contributed by atoms with van der Waals surface area (Å²) in [4.78, 5) is 0. The Hall–Kier alpha value is -0.863. The van der Waals surface area contributed by atoms with E-state index in [0.717, 1.165) is 12.7 Å². The van der Waals surface area contributed by atoms with Crippen LogP contribution in [0.25, 0.3) is 5.57 Å². The molecule has 0 amide bonds. The van der Waals surface area contributed by atoms with E-state index < -0.39 is 9.04 Å². The van der Waals surface area contributed by atoms with E-state index in [2.05, 4.69) is 37.8 Å². The van der Waals surface area contributed by atoms with Gasteiger partial charge < -0.3 is 4.43 Å². The second-order valence-corrected chi connectivity index (χ2v) is 7.17. The van der Waals surface area contributed by atoms with Crippen LogP contribution in [-0.2, 0) is 4.43 Å². The quantitative estimate of drug-likeness (QED) is 0.724. The molecule has 1 heterocycles. The summed E-state index contributed by atoms with van der Waals surface area (Å²) in [6, 6.07) is 11.0. The average molecular weight is 232 g/mol. The summed E-state index contributed by atoms with van der Waals surface area (Å²) in [5.41, 5.74) is 3.93. The molecular weight excluding hydrogens is 212 g/mol. The van der Waals surface area contributed by atoms with Crippen molar-refractivity contribution in [3.8, 4) is 0 Å². The van der Waals surface area contributed by atoms with Crippen LogP contribution < -0.4 is 0 Å². The third kappa shape index (κ3) is 2.83. The Bertz CT molecular complexity index is 367. The molecule has 1 saturated heterocycles. The Morgan fingerprint density at radius 3 is 2.88 bits per heavy atom. The molecule has 0 spiro atoms. The van der Waals surface area contributed by atoms with Crippen LogP contribution >= 0.6 is 0 Å². The van der Waals surface area contributed by atoms with Crippen LogP contribution in [0.3, 0.4) is 0 Å². The number of aryl methyl sites for hydroxylation is 1. The van der Waals surface area contributed by atoms with Gasteiger partial charge in [-0.3, -0.25) is 0 Å². The molecule has 1 aliphatic rings. The van der Waals surface area contributed by atoms with Gasteiger partial charge in [-0.15, -0.1) is 0 Å². The van der Waals surface area contributed by atoms with E-state index in [1.165, 1.54) is 35.6 Å². The molecule has 0 saturated carbocycles. The molecule has 0 radical (unpaired) electrons. The van der Waals surface area contributed by atoms with E-state index in [9.17, 15) is 0 Å². The van der Waals surface area contributed by atoms with Crippen molar-refractivity contribution in [2.45, 2.75) is 31.9 Å². The zero-order valence-electron chi connectivity index (χ0n) is 10.0. The van der Waals surface area contributed by atoms with Crippen molar-refractivity contribution in [3.63, 3.8) is 0 Å². The number of hydrogen-bond donors (Lipinski definition) is 0.